The number of imidazole rings is 1. The molecular formula is C32H37N3O6. The summed E-state index contributed by atoms with van der Waals surface area (Å²) in [5, 5.41) is 11.5. The molecular weight excluding hydrogens is 522 g/mol. The summed E-state index contributed by atoms with van der Waals surface area (Å²) < 4.78 is 19.3. The molecule has 0 unspecified atom stereocenters. The molecule has 2 aliphatic rings. The number of nitrogens with zero attached hydrogens (tertiary/aromatic N) is 3. The predicted molar refractivity (Wildman–Crippen MR) is 154 cm³/mol. The molecule has 2 aliphatic heterocycles. The lowest BCUT2D eigenvalue weighted by Gasteiger charge is -2.26. The molecule has 0 bridgehead atoms. The zero-order valence-corrected chi connectivity index (χ0v) is 23.8. The average Bonchev–Trinajstić information content (AvgIpc) is 3.69. The normalized spacial score (nSPS) is 19.3. The van der Waals surface area contributed by atoms with Crippen molar-refractivity contribution in [3.63, 3.8) is 0 Å². The molecule has 1 saturated heterocycles. The van der Waals surface area contributed by atoms with Crippen LogP contribution in [0.25, 0.3) is 5.76 Å². The highest BCUT2D eigenvalue weighted by Gasteiger charge is 2.46. The van der Waals surface area contributed by atoms with Crippen LogP contribution in [-0.4, -0.2) is 57.6 Å². The molecule has 216 valence electrons. The third-order valence-electron chi connectivity index (χ3n) is 7.59. The molecule has 1 aromatic heterocycles. The van der Waals surface area contributed by atoms with E-state index in [1.807, 2.05) is 29.8 Å². The van der Waals surface area contributed by atoms with Crippen LogP contribution in [0.5, 0.6) is 17.2 Å². The van der Waals surface area contributed by atoms with E-state index < -0.39 is 17.7 Å². The van der Waals surface area contributed by atoms with Gasteiger partial charge in [-0.3, -0.25) is 9.59 Å². The number of aliphatic hydroxyl groups excluding tert-OH is 1. The van der Waals surface area contributed by atoms with Gasteiger partial charge in [0.2, 0.25) is 0 Å². The molecule has 9 heteroatoms. The van der Waals surface area contributed by atoms with Gasteiger partial charge >= 0.3 is 0 Å². The van der Waals surface area contributed by atoms with Crippen LogP contribution in [0.1, 0.15) is 62.3 Å². The Morgan fingerprint density at radius 2 is 1.95 bits per heavy atom. The number of likely N-dealkylation sites (tertiary alicyclic amines) is 1. The largest absolute Gasteiger partial charge is 0.507 e. The van der Waals surface area contributed by atoms with Crippen molar-refractivity contribution < 1.29 is 28.9 Å². The van der Waals surface area contributed by atoms with Crippen molar-refractivity contribution in [2.24, 2.45) is 0 Å². The van der Waals surface area contributed by atoms with Crippen LogP contribution in [-0.2, 0) is 22.6 Å². The van der Waals surface area contributed by atoms with E-state index in [-0.39, 0.29) is 17.4 Å². The Hall–Kier alpha value is -4.27. The van der Waals surface area contributed by atoms with Gasteiger partial charge in [0.25, 0.3) is 11.7 Å². The van der Waals surface area contributed by atoms with Crippen molar-refractivity contribution >= 4 is 17.4 Å². The number of Topliss-reactive ketones (excluding diaryl/α,β-unsaturated/α-hetero) is 1. The van der Waals surface area contributed by atoms with E-state index in [2.05, 4.69) is 11.9 Å². The number of hydrogen-bond donors (Lipinski definition) is 1. The molecule has 0 radical (unpaired) electrons. The van der Waals surface area contributed by atoms with Gasteiger partial charge in [-0.2, -0.15) is 0 Å². The maximum Gasteiger partial charge on any atom is 0.295 e. The summed E-state index contributed by atoms with van der Waals surface area (Å²) in [5.74, 6) is 0.318. The number of aromatic nitrogens is 2. The summed E-state index contributed by atoms with van der Waals surface area (Å²) in [6.07, 6.45) is 9.72. The van der Waals surface area contributed by atoms with Gasteiger partial charge in [-0.25, -0.2) is 4.98 Å². The summed E-state index contributed by atoms with van der Waals surface area (Å²) in [6.45, 7) is 5.64. The van der Waals surface area contributed by atoms with E-state index in [0.29, 0.717) is 55.2 Å². The van der Waals surface area contributed by atoms with Gasteiger partial charge in [0.05, 0.1) is 31.7 Å². The summed E-state index contributed by atoms with van der Waals surface area (Å²) in [5.41, 5.74) is 2.15. The Bertz CT molecular complexity index is 1430. The number of amides is 1. The fraction of sp³-hybridized carbons (Fsp3) is 0.406. The van der Waals surface area contributed by atoms with Gasteiger partial charge in [0, 0.05) is 37.5 Å². The molecule has 3 aromatic rings. The van der Waals surface area contributed by atoms with Gasteiger partial charge in [-0.05, 0) is 61.2 Å². The molecule has 9 nitrogen and oxygen atoms in total. The number of aryl methyl sites for hydroxylation is 1. The van der Waals surface area contributed by atoms with Crippen LogP contribution in [0.3, 0.4) is 0 Å². The molecule has 2 aromatic carbocycles. The number of rotatable bonds is 12. The van der Waals surface area contributed by atoms with Crippen LogP contribution in [0, 0.1) is 0 Å². The topological polar surface area (TPSA) is 103 Å². The molecule has 3 heterocycles. The van der Waals surface area contributed by atoms with Crippen LogP contribution in [0.2, 0.25) is 0 Å². The lowest BCUT2D eigenvalue weighted by Crippen LogP contribution is -2.31. The predicted octanol–water partition coefficient (Wildman–Crippen LogP) is 5.30. The van der Waals surface area contributed by atoms with Crippen molar-refractivity contribution in [1.82, 2.24) is 14.5 Å². The number of methoxy groups -OCH3 is 1. The lowest BCUT2D eigenvalue weighted by atomic mass is 9.94. The minimum absolute atomic E-state index is 0.0404. The second kappa shape index (κ2) is 12.5. The Labute approximate surface area is 240 Å². The molecule has 1 fully saturated rings. The number of hydrogen-bond acceptors (Lipinski definition) is 7. The van der Waals surface area contributed by atoms with Crippen molar-refractivity contribution in [3.8, 4) is 17.2 Å². The number of unbranched alkanes of at least 4 members (excludes halogenated alkanes) is 2. The number of fused-ring (bicyclic) bond motifs is 1. The van der Waals surface area contributed by atoms with Crippen LogP contribution in [0.15, 0.2) is 60.7 Å². The number of aliphatic hydroxyl groups is 1. The van der Waals surface area contributed by atoms with Gasteiger partial charge in [0.1, 0.15) is 17.6 Å². The zero-order valence-electron chi connectivity index (χ0n) is 23.8. The quantitative estimate of drug-likeness (QED) is 0.139. The van der Waals surface area contributed by atoms with Crippen molar-refractivity contribution in [1.29, 1.82) is 0 Å². The number of carbonyl (C=O) groups excluding carboxylic acids is 2. The number of ketones is 1. The van der Waals surface area contributed by atoms with Gasteiger partial charge < -0.3 is 28.8 Å². The third-order valence-corrected chi connectivity index (χ3v) is 7.59. The van der Waals surface area contributed by atoms with Crippen molar-refractivity contribution in [2.45, 2.75) is 64.6 Å². The Morgan fingerprint density at radius 3 is 2.71 bits per heavy atom. The third kappa shape index (κ3) is 5.94. The standard InChI is InChI=1S/C32H37N3O6/c1-4-5-6-16-40-26-11-8-22(19-27(26)39-3)29-28(30(36)23-9-10-25-24(18-23)17-21(2)41-25)31(37)32(38)35(29)14-7-13-34-15-12-33-20-34/h8-12,15,18-21,29,36H,4-7,13-14,16-17H2,1-3H3/t21-,29+/m0/s1. The molecule has 0 saturated carbocycles. The van der Waals surface area contributed by atoms with Gasteiger partial charge in [-0.1, -0.05) is 25.8 Å². The Kier molecular flexibility index (Phi) is 8.61. The second-order valence-corrected chi connectivity index (χ2v) is 10.6. The molecule has 1 amide bonds. The summed E-state index contributed by atoms with van der Waals surface area (Å²) in [4.78, 5) is 32.5. The maximum absolute atomic E-state index is 13.5. The Morgan fingerprint density at radius 1 is 1.10 bits per heavy atom. The highest BCUT2D eigenvalue weighted by molar-refractivity contribution is 6.46. The molecule has 0 spiro atoms. The van der Waals surface area contributed by atoms with E-state index in [4.69, 9.17) is 14.2 Å². The highest BCUT2D eigenvalue weighted by atomic mass is 16.5. The molecule has 5 rings (SSSR count). The molecule has 41 heavy (non-hydrogen) atoms. The second-order valence-electron chi connectivity index (χ2n) is 10.6. The van der Waals surface area contributed by atoms with E-state index in [9.17, 15) is 14.7 Å². The highest BCUT2D eigenvalue weighted by Crippen LogP contribution is 2.43. The fourth-order valence-electron chi connectivity index (χ4n) is 5.53. The zero-order chi connectivity index (χ0) is 28.9. The first kappa shape index (κ1) is 28.3. The van der Waals surface area contributed by atoms with Crippen molar-refractivity contribution in [3.05, 3.63) is 77.4 Å². The monoisotopic (exact) mass is 559 g/mol. The SMILES string of the molecule is CCCCCOc1ccc([C@@H]2C(=C(O)c3ccc4c(c3)C[C@H](C)O4)C(=O)C(=O)N2CCCn2ccnc2)cc1OC. The number of benzene rings is 2. The maximum atomic E-state index is 13.5. The first-order chi connectivity index (χ1) is 19.9. The fourth-order valence-corrected chi connectivity index (χ4v) is 5.53. The summed E-state index contributed by atoms with van der Waals surface area (Å²) in [7, 11) is 1.56. The molecule has 1 N–H and O–H groups in total. The van der Waals surface area contributed by atoms with Gasteiger partial charge in [-0.15, -0.1) is 0 Å². The van der Waals surface area contributed by atoms with E-state index in [1.54, 1.807) is 48.8 Å². The number of ether oxygens (including phenoxy) is 3. The van der Waals surface area contributed by atoms with Crippen LogP contribution in [0.4, 0.5) is 0 Å². The van der Waals surface area contributed by atoms with E-state index in [1.165, 1.54) is 0 Å². The van der Waals surface area contributed by atoms with E-state index in [0.717, 1.165) is 30.6 Å². The summed E-state index contributed by atoms with van der Waals surface area (Å²) in [6, 6.07) is 10.0. The lowest BCUT2D eigenvalue weighted by molar-refractivity contribution is -0.139. The van der Waals surface area contributed by atoms with Crippen LogP contribution < -0.4 is 14.2 Å². The smallest absolute Gasteiger partial charge is 0.295 e. The average molecular weight is 560 g/mol. The number of carbonyl (C=O) groups is 2. The summed E-state index contributed by atoms with van der Waals surface area (Å²) >= 11 is 0. The van der Waals surface area contributed by atoms with Gasteiger partial charge in [0.15, 0.2) is 11.5 Å². The molecule has 0 aliphatic carbocycles. The minimum atomic E-state index is -0.788. The van der Waals surface area contributed by atoms with E-state index >= 15 is 0 Å². The minimum Gasteiger partial charge on any atom is -0.507 e. The van der Waals surface area contributed by atoms with Crippen LogP contribution >= 0.6 is 0 Å². The first-order valence-electron chi connectivity index (χ1n) is 14.3. The molecule has 2 atom stereocenters. The van der Waals surface area contributed by atoms with Crippen molar-refractivity contribution in [2.75, 3.05) is 20.3 Å². The Balaban J connectivity index is 1.51. The first-order valence-corrected chi connectivity index (χ1v) is 14.3.